The van der Waals surface area contributed by atoms with Crippen LogP contribution >= 0.6 is 0 Å². The number of nitrogens with zero attached hydrogens (tertiary/aromatic N) is 1. The Morgan fingerprint density at radius 3 is 2.75 bits per heavy atom. The highest BCUT2D eigenvalue weighted by Gasteiger charge is 2.63. The van der Waals surface area contributed by atoms with Gasteiger partial charge in [0.1, 0.15) is 0 Å². The number of hydrogen-bond acceptors (Lipinski definition) is 1. The van der Waals surface area contributed by atoms with Gasteiger partial charge in [0.2, 0.25) is 0 Å². The minimum atomic E-state index is 0.500. The minimum absolute atomic E-state index is 0.500. The van der Waals surface area contributed by atoms with E-state index in [0.717, 1.165) is 29.7 Å². The van der Waals surface area contributed by atoms with Crippen LogP contribution in [0.25, 0.3) is 0 Å². The van der Waals surface area contributed by atoms with Crippen molar-refractivity contribution in [3.63, 3.8) is 0 Å². The van der Waals surface area contributed by atoms with Crippen LogP contribution < -0.4 is 0 Å². The fourth-order valence-corrected chi connectivity index (χ4v) is 8.37. The van der Waals surface area contributed by atoms with Crippen molar-refractivity contribution < 1.29 is 0 Å². The normalized spacial score (nSPS) is 53.9. The first-order chi connectivity index (χ1) is 11.5. The van der Waals surface area contributed by atoms with E-state index in [-0.39, 0.29) is 0 Å². The Bertz CT molecular complexity index is 603. The molecule has 0 aromatic carbocycles. The second-order valence-electron chi connectivity index (χ2n) is 10.3. The van der Waals surface area contributed by atoms with E-state index < -0.39 is 0 Å². The molecule has 1 spiro atoms. The molecule has 5 aliphatic rings. The van der Waals surface area contributed by atoms with Crippen molar-refractivity contribution in [2.45, 2.75) is 71.3 Å². The van der Waals surface area contributed by atoms with Crippen LogP contribution in [0.15, 0.2) is 23.8 Å². The molecule has 0 radical (unpaired) electrons. The van der Waals surface area contributed by atoms with Gasteiger partial charge in [-0.15, -0.1) is 0 Å². The molecule has 0 N–H and O–H groups in total. The summed E-state index contributed by atoms with van der Waals surface area (Å²) in [6.45, 7) is 10.8. The van der Waals surface area contributed by atoms with Gasteiger partial charge in [-0.3, -0.25) is 0 Å². The van der Waals surface area contributed by atoms with Gasteiger partial charge in [-0.1, -0.05) is 30.7 Å². The lowest BCUT2D eigenvalue weighted by Crippen LogP contribution is -2.51. The molecule has 7 atom stereocenters. The number of likely N-dealkylation sites (tertiary alicyclic amines) is 1. The highest BCUT2D eigenvalue weighted by Crippen LogP contribution is 2.68. The molecule has 0 unspecified atom stereocenters. The van der Waals surface area contributed by atoms with Gasteiger partial charge >= 0.3 is 0 Å². The van der Waals surface area contributed by atoms with Crippen molar-refractivity contribution >= 4 is 0 Å². The van der Waals surface area contributed by atoms with Crippen LogP contribution in [0, 0.1) is 34.5 Å². The van der Waals surface area contributed by atoms with E-state index in [1.807, 2.05) is 0 Å². The van der Waals surface area contributed by atoms with Crippen molar-refractivity contribution in [1.29, 1.82) is 0 Å². The first-order valence-electron chi connectivity index (χ1n) is 10.5. The number of allylic oxidation sites excluding steroid dienone is 3. The first-order valence-corrected chi connectivity index (χ1v) is 10.5. The van der Waals surface area contributed by atoms with Crippen LogP contribution in [0.4, 0.5) is 0 Å². The second-order valence-corrected chi connectivity index (χ2v) is 10.3. The molecule has 4 fully saturated rings. The first kappa shape index (κ1) is 15.7. The molecule has 1 saturated heterocycles. The zero-order chi connectivity index (χ0) is 16.7. The van der Waals surface area contributed by atoms with E-state index in [1.54, 1.807) is 5.57 Å². The Morgan fingerprint density at radius 1 is 1.12 bits per heavy atom. The van der Waals surface area contributed by atoms with Crippen LogP contribution in [0.1, 0.15) is 65.2 Å². The molecule has 0 aromatic rings. The topological polar surface area (TPSA) is 3.24 Å². The lowest BCUT2D eigenvalue weighted by atomic mass is 9.47. The molecule has 3 saturated carbocycles. The Morgan fingerprint density at radius 2 is 1.92 bits per heavy atom. The minimum Gasteiger partial charge on any atom is -0.303 e. The van der Waals surface area contributed by atoms with Gasteiger partial charge in [0.25, 0.3) is 0 Å². The molecule has 24 heavy (non-hydrogen) atoms. The predicted molar refractivity (Wildman–Crippen MR) is 101 cm³/mol. The predicted octanol–water partition coefficient (Wildman–Crippen LogP) is 5.44. The largest absolute Gasteiger partial charge is 0.303 e. The van der Waals surface area contributed by atoms with Crippen LogP contribution in [0.5, 0.6) is 0 Å². The molecule has 1 heterocycles. The average molecular weight is 326 g/mol. The number of hydrogen-bond donors (Lipinski definition) is 0. The lowest BCUT2D eigenvalue weighted by Gasteiger charge is -2.57. The summed E-state index contributed by atoms with van der Waals surface area (Å²) in [6, 6.07) is 0.815. The van der Waals surface area contributed by atoms with Gasteiger partial charge < -0.3 is 4.90 Å². The summed E-state index contributed by atoms with van der Waals surface area (Å²) in [5.74, 6) is 3.93. The maximum atomic E-state index is 4.31. The van der Waals surface area contributed by atoms with Gasteiger partial charge in [-0.2, -0.15) is 0 Å². The summed E-state index contributed by atoms with van der Waals surface area (Å²) >= 11 is 0. The van der Waals surface area contributed by atoms with Crippen molar-refractivity contribution in [2.75, 3.05) is 13.6 Å². The van der Waals surface area contributed by atoms with Crippen LogP contribution in [0.3, 0.4) is 0 Å². The van der Waals surface area contributed by atoms with E-state index in [1.165, 1.54) is 63.5 Å². The van der Waals surface area contributed by atoms with E-state index in [0.29, 0.717) is 10.8 Å². The summed E-state index contributed by atoms with van der Waals surface area (Å²) in [7, 11) is 2.38. The molecular weight excluding hydrogens is 290 g/mol. The van der Waals surface area contributed by atoms with E-state index in [9.17, 15) is 0 Å². The highest BCUT2D eigenvalue weighted by atomic mass is 15.2. The SMILES string of the molecule is C=C1CC[C@@]2(C)C(=CC[C@H]3[C@@H]4CC[C@@H]5[C@H](C)N(C)C[C@@]54CC[C@@H]32)C1. The van der Waals surface area contributed by atoms with Gasteiger partial charge in [0.05, 0.1) is 0 Å². The molecule has 5 rings (SSSR count). The molecule has 132 valence electrons. The van der Waals surface area contributed by atoms with Crippen LogP contribution in [0.2, 0.25) is 0 Å². The van der Waals surface area contributed by atoms with E-state index >= 15 is 0 Å². The smallest absolute Gasteiger partial charge is 0.00982 e. The maximum Gasteiger partial charge on any atom is 0.00982 e. The zero-order valence-electron chi connectivity index (χ0n) is 16.0. The third-order valence-electron chi connectivity index (χ3n) is 9.67. The molecule has 0 aromatic heterocycles. The third-order valence-corrected chi connectivity index (χ3v) is 9.67. The molecule has 1 nitrogen and oxygen atoms in total. The summed E-state index contributed by atoms with van der Waals surface area (Å²) in [6.07, 6.45) is 13.9. The summed E-state index contributed by atoms with van der Waals surface area (Å²) in [5.41, 5.74) is 4.42. The second kappa shape index (κ2) is 5.00. The molecular formula is C23H35N. The number of fused-ring (bicyclic) bond motifs is 4. The van der Waals surface area contributed by atoms with Gasteiger partial charge in [0, 0.05) is 12.6 Å². The number of rotatable bonds is 0. The van der Waals surface area contributed by atoms with Crippen molar-refractivity contribution in [2.24, 2.45) is 34.5 Å². The maximum absolute atomic E-state index is 4.31. The molecule has 4 aliphatic carbocycles. The van der Waals surface area contributed by atoms with Crippen molar-refractivity contribution in [3.8, 4) is 0 Å². The summed E-state index contributed by atoms with van der Waals surface area (Å²) in [4.78, 5) is 2.69. The fourth-order valence-electron chi connectivity index (χ4n) is 8.37. The van der Waals surface area contributed by atoms with Crippen LogP contribution in [-0.4, -0.2) is 24.5 Å². The molecule has 1 aliphatic heterocycles. The highest BCUT2D eigenvalue weighted by molar-refractivity contribution is 5.30. The van der Waals surface area contributed by atoms with Crippen LogP contribution in [-0.2, 0) is 0 Å². The van der Waals surface area contributed by atoms with Crippen molar-refractivity contribution in [1.82, 2.24) is 4.90 Å². The quantitative estimate of drug-likeness (QED) is 0.536. The molecule has 0 bridgehead atoms. The van der Waals surface area contributed by atoms with E-state index in [2.05, 4.69) is 38.5 Å². The summed E-state index contributed by atoms with van der Waals surface area (Å²) in [5, 5.41) is 0. The zero-order valence-corrected chi connectivity index (χ0v) is 16.0. The standard InChI is InChI=1S/C23H35N/c1-15-9-11-22(3)17(13-15)5-6-18-20(22)10-12-23-14-24(4)16(2)19(23)7-8-21(18)23/h5,16,18-21H,1,6-14H2,2-4H3/t16-,18+,19+,20-,21-,22-,23-/m0/s1. The van der Waals surface area contributed by atoms with Gasteiger partial charge in [-0.25, -0.2) is 0 Å². The van der Waals surface area contributed by atoms with Gasteiger partial charge in [-0.05, 0) is 99.8 Å². The summed E-state index contributed by atoms with van der Waals surface area (Å²) < 4.78 is 0. The van der Waals surface area contributed by atoms with Gasteiger partial charge in [0.15, 0.2) is 0 Å². The third kappa shape index (κ3) is 1.81. The fraction of sp³-hybridized carbons (Fsp3) is 0.826. The Labute approximate surface area is 148 Å². The van der Waals surface area contributed by atoms with Crippen molar-refractivity contribution in [3.05, 3.63) is 23.8 Å². The lowest BCUT2D eigenvalue weighted by molar-refractivity contribution is -0.0364. The Kier molecular flexibility index (Phi) is 3.26. The Balaban J connectivity index is 1.50. The molecule has 1 heteroatoms. The monoisotopic (exact) mass is 325 g/mol. The molecule has 0 amide bonds. The average Bonchev–Trinajstić information content (AvgIpc) is 3.03. The van der Waals surface area contributed by atoms with E-state index in [4.69, 9.17) is 0 Å². The Hall–Kier alpha value is -0.560.